The molecule has 6 heteroatoms. The first kappa shape index (κ1) is 25.4. The van der Waals surface area contributed by atoms with Gasteiger partial charge in [0.05, 0.1) is 24.2 Å². The van der Waals surface area contributed by atoms with E-state index in [0.717, 1.165) is 38.6 Å². The molecule has 1 N–H and O–H groups in total. The summed E-state index contributed by atoms with van der Waals surface area (Å²) in [5.41, 5.74) is 5.49. The highest BCUT2D eigenvalue weighted by molar-refractivity contribution is 8.04. The van der Waals surface area contributed by atoms with Crippen molar-refractivity contribution in [3.8, 4) is 5.75 Å². The number of hydrogen-bond acceptors (Lipinski definition) is 4. The predicted molar refractivity (Wildman–Crippen MR) is 153 cm³/mol. The van der Waals surface area contributed by atoms with Crippen LogP contribution in [0, 0.1) is 6.92 Å². The zero-order valence-electron chi connectivity index (χ0n) is 21.3. The number of fused-ring (bicyclic) bond motifs is 1. The Morgan fingerprint density at radius 1 is 0.947 bits per heavy atom. The van der Waals surface area contributed by atoms with Gasteiger partial charge in [0.15, 0.2) is 0 Å². The number of rotatable bonds is 7. The van der Waals surface area contributed by atoms with Crippen molar-refractivity contribution >= 4 is 35.3 Å². The third-order valence-electron chi connectivity index (χ3n) is 6.36. The number of carbonyl (C=O) groups is 2. The summed E-state index contributed by atoms with van der Waals surface area (Å²) < 4.78 is 5.36. The van der Waals surface area contributed by atoms with E-state index in [1.54, 1.807) is 19.2 Å². The monoisotopic (exact) mass is 520 g/mol. The van der Waals surface area contributed by atoms with Crippen molar-refractivity contribution in [3.63, 3.8) is 0 Å². The molecule has 0 saturated carbocycles. The predicted octanol–water partition coefficient (Wildman–Crippen LogP) is 6.61. The summed E-state index contributed by atoms with van der Waals surface area (Å²) in [6.07, 6.45) is 1.89. The summed E-state index contributed by atoms with van der Waals surface area (Å²) in [5, 5.41) is 2.94. The number of aryl methyl sites for hydroxylation is 1. The number of hydrogen-bond donors (Lipinski definition) is 1. The molecule has 0 aromatic heterocycles. The number of nitrogens with one attached hydrogen (secondary N) is 1. The lowest BCUT2D eigenvalue weighted by molar-refractivity contribution is -0.114. The van der Waals surface area contributed by atoms with Crippen molar-refractivity contribution < 1.29 is 14.3 Å². The molecule has 2 amide bonds. The molecule has 0 radical (unpaired) electrons. The largest absolute Gasteiger partial charge is 0.496 e. The van der Waals surface area contributed by atoms with Crippen molar-refractivity contribution in [2.24, 2.45) is 0 Å². The summed E-state index contributed by atoms with van der Waals surface area (Å²) in [6.45, 7) is 2.93. The van der Waals surface area contributed by atoms with Gasteiger partial charge in [-0.05, 0) is 54.5 Å². The molecule has 0 spiro atoms. The van der Waals surface area contributed by atoms with Gasteiger partial charge in [-0.25, -0.2) is 0 Å². The Bertz CT molecular complexity index is 1510. The van der Waals surface area contributed by atoms with Gasteiger partial charge in [-0.2, -0.15) is 0 Å². The molecule has 38 heavy (non-hydrogen) atoms. The maximum Gasteiger partial charge on any atom is 0.265 e. The standard InChI is InChI=1S/C32H28N2O3S/c1-22-8-7-9-24(18-22)21-34-27-11-4-6-13-29(27)38-30(32(34)36)19-23-14-16-25(17-15-23)31(35)33-20-26-10-3-5-12-28(26)37-2/h3-19H,20-21H2,1-2H3,(H,33,35). The Labute approximate surface area is 227 Å². The summed E-state index contributed by atoms with van der Waals surface area (Å²) in [7, 11) is 1.61. The number of nitrogens with zero attached hydrogens (tertiary/aromatic N) is 1. The van der Waals surface area contributed by atoms with E-state index in [9.17, 15) is 9.59 Å². The highest BCUT2D eigenvalue weighted by Crippen LogP contribution is 2.42. The van der Waals surface area contributed by atoms with Gasteiger partial charge in [-0.1, -0.05) is 84.1 Å². The number of amides is 2. The Hall–Kier alpha value is -4.29. The van der Waals surface area contributed by atoms with Crippen LogP contribution in [0.5, 0.6) is 5.75 Å². The first-order valence-electron chi connectivity index (χ1n) is 12.4. The Morgan fingerprint density at radius 3 is 2.50 bits per heavy atom. The molecule has 0 unspecified atom stereocenters. The summed E-state index contributed by atoms with van der Waals surface area (Å²) >= 11 is 1.48. The summed E-state index contributed by atoms with van der Waals surface area (Å²) in [5.74, 6) is 0.535. The molecule has 4 aromatic rings. The molecule has 5 rings (SSSR count). The Balaban J connectivity index is 1.33. The average molecular weight is 521 g/mol. The molecule has 0 saturated heterocycles. The third kappa shape index (κ3) is 5.66. The van der Waals surface area contributed by atoms with Gasteiger partial charge in [0.2, 0.25) is 0 Å². The molecule has 5 nitrogen and oxygen atoms in total. The highest BCUT2D eigenvalue weighted by atomic mass is 32.2. The van der Waals surface area contributed by atoms with Crippen molar-refractivity contribution in [1.82, 2.24) is 5.32 Å². The van der Waals surface area contributed by atoms with Gasteiger partial charge >= 0.3 is 0 Å². The van der Waals surface area contributed by atoms with E-state index in [4.69, 9.17) is 4.74 Å². The highest BCUT2D eigenvalue weighted by Gasteiger charge is 2.29. The Kier molecular flexibility index (Phi) is 7.61. The van der Waals surface area contributed by atoms with Crippen LogP contribution in [0.15, 0.2) is 107 Å². The number of anilines is 1. The maximum atomic E-state index is 13.6. The molecule has 1 heterocycles. The van der Waals surface area contributed by atoms with Crippen molar-refractivity contribution in [3.05, 3.63) is 130 Å². The van der Waals surface area contributed by atoms with E-state index in [1.807, 2.05) is 83.8 Å². The zero-order chi connectivity index (χ0) is 26.5. The second-order valence-corrected chi connectivity index (χ2v) is 10.2. The topological polar surface area (TPSA) is 58.6 Å². The van der Waals surface area contributed by atoms with Gasteiger partial charge in [0.25, 0.3) is 11.8 Å². The Morgan fingerprint density at radius 2 is 1.71 bits per heavy atom. The molecule has 1 aliphatic heterocycles. The van der Waals surface area contributed by atoms with Crippen LogP contribution < -0.4 is 15.0 Å². The lowest BCUT2D eigenvalue weighted by atomic mass is 10.1. The van der Waals surface area contributed by atoms with Crippen LogP contribution in [0.4, 0.5) is 5.69 Å². The van der Waals surface area contributed by atoms with E-state index in [-0.39, 0.29) is 11.8 Å². The fourth-order valence-electron chi connectivity index (χ4n) is 4.42. The van der Waals surface area contributed by atoms with Crippen LogP contribution in [0.2, 0.25) is 0 Å². The van der Waals surface area contributed by atoms with Crippen LogP contribution in [-0.4, -0.2) is 18.9 Å². The van der Waals surface area contributed by atoms with Crippen molar-refractivity contribution in [2.45, 2.75) is 24.9 Å². The summed E-state index contributed by atoms with van der Waals surface area (Å²) in [6, 6.07) is 31.1. The third-order valence-corrected chi connectivity index (χ3v) is 7.44. The van der Waals surface area contributed by atoms with E-state index >= 15 is 0 Å². The molecular weight excluding hydrogens is 492 g/mol. The number of carbonyl (C=O) groups excluding carboxylic acids is 2. The van der Waals surface area contributed by atoms with Crippen LogP contribution >= 0.6 is 11.8 Å². The normalized spacial score (nSPS) is 13.8. The molecular formula is C32H28N2O3S. The molecule has 1 aliphatic rings. The smallest absolute Gasteiger partial charge is 0.265 e. The van der Waals surface area contributed by atoms with E-state index in [2.05, 4.69) is 24.4 Å². The van der Waals surface area contributed by atoms with E-state index < -0.39 is 0 Å². The lowest BCUT2D eigenvalue weighted by Gasteiger charge is -2.30. The maximum absolute atomic E-state index is 13.6. The number of methoxy groups -OCH3 is 1. The fourth-order valence-corrected chi connectivity index (χ4v) is 5.48. The van der Waals surface area contributed by atoms with Gasteiger partial charge in [0.1, 0.15) is 5.75 Å². The zero-order valence-corrected chi connectivity index (χ0v) is 22.1. The minimum absolute atomic E-state index is 0.0335. The number of ether oxygens (including phenoxy) is 1. The number of thioether (sulfide) groups is 1. The number of para-hydroxylation sites is 2. The van der Waals surface area contributed by atoms with Crippen LogP contribution in [0.25, 0.3) is 6.08 Å². The van der Waals surface area contributed by atoms with Crippen molar-refractivity contribution in [1.29, 1.82) is 0 Å². The molecule has 0 aliphatic carbocycles. The minimum atomic E-state index is -0.170. The second kappa shape index (κ2) is 11.4. The van der Waals surface area contributed by atoms with Crippen LogP contribution in [-0.2, 0) is 17.9 Å². The van der Waals surface area contributed by atoms with Gasteiger partial charge < -0.3 is 15.0 Å². The molecule has 0 fully saturated rings. The molecule has 0 atom stereocenters. The quantitative estimate of drug-likeness (QED) is 0.279. The summed E-state index contributed by atoms with van der Waals surface area (Å²) in [4.78, 5) is 29.8. The SMILES string of the molecule is COc1ccccc1CNC(=O)c1ccc(C=C2Sc3ccccc3N(Cc3cccc(C)c3)C2=O)cc1. The van der Waals surface area contributed by atoms with Crippen LogP contribution in [0.1, 0.15) is 32.6 Å². The molecule has 0 bridgehead atoms. The fraction of sp³-hybridized carbons (Fsp3) is 0.125. The first-order valence-corrected chi connectivity index (χ1v) is 13.2. The van der Waals surface area contributed by atoms with Gasteiger partial charge in [0, 0.05) is 22.6 Å². The van der Waals surface area contributed by atoms with E-state index in [0.29, 0.717) is 23.6 Å². The first-order chi connectivity index (χ1) is 18.5. The average Bonchev–Trinajstić information content (AvgIpc) is 2.94. The number of benzene rings is 4. The molecule has 190 valence electrons. The second-order valence-electron chi connectivity index (χ2n) is 9.08. The van der Waals surface area contributed by atoms with Crippen LogP contribution in [0.3, 0.4) is 0 Å². The molecule has 4 aromatic carbocycles. The van der Waals surface area contributed by atoms with E-state index in [1.165, 1.54) is 11.8 Å². The van der Waals surface area contributed by atoms with Gasteiger partial charge in [-0.3, -0.25) is 9.59 Å². The minimum Gasteiger partial charge on any atom is -0.496 e. The lowest BCUT2D eigenvalue weighted by Crippen LogP contribution is -2.33. The van der Waals surface area contributed by atoms with Gasteiger partial charge in [-0.15, -0.1) is 0 Å². The van der Waals surface area contributed by atoms with Crippen molar-refractivity contribution in [2.75, 3.05) is 12.0 Å².